The molecule has 0 aromatic carbocycles. The molecule has 0 spiro atoms. The largest absolute Gasteiger partial charge is 4.00 e. The predicted molar refractivity (Wildman–Crippen MR) is 130 cm³/mol. The topological polar surface area (TPSA) is 128 Å². The number of rotatable bonds is 0. The molecule has 6 heterocycles. The van der Waals surface area contributed by atoms with Gasteiger partial charge in [-0.3, -0.25) is 6.79 Å². The Morgan fingerprint density at radius 3 is 0.842 bits per heavy atom. The van der Waals surface area contributed by atoms with E-state index in [0.29, 0.717) is 0 Å². The quantitative estimate of drug-likeness (QED) is 0.172. The van der Waals surface area contributed by atoms with Crippen molar-refractivity contribution < 1.29 is 46.0 Å². The molecule has 12 nitrogen and oxygen atoms in total. The number of hydrogen-bond donors (Lipinski definition) is 0. The van der Waals surface area contributed by atoms with Crippen LogP contribution in [0.3, 0.4) is 0 Å². The molecule has 0 aromatic heterocycles. The minimum absolute atomic E-state index is 0. The molecular weight excluding hydrogens is 846 g/mol. The van der Waals surface area contributed by atoms with Crippen molar-refractivity contribution in [2.45, 2.75) is 0 Å². The molecule has 0 saturated carbocycles. The molecule has 6 aliphatic rings. The van der Waals surface area contributed by atoms with Gasteiger partial charge in [0.2, 0.25) is 0 Å². The van der Waals surface area contributed by atoms with Gasteiger partial charge in [-0.05, 0) is 53.5 Å². The van der Waals surface area contributed by atoms with E-state index >= 15 is 0 Å². The van der Waals surface area contributed by atoms with Crippen LogP contribution in [-0.4, -0.2) is 43.8 Å². The van der Waals surface area contributed by atoms with Gasteiger partial charge >= 0.3 is 21.1 Å². The first-order valence-corrected chi connectivity index (χ1v) is 10.1. The van der Waals surface area contributed by atoms with Crippen molar-refractivity contribution in [3.8, 4) is 22.7 Å². The van der Waals surface area contributed by atoms with Gasteiger partial charge in [0, 0.05) is 20.1 Å². The van der Waals surface area contributed by atoms with Crippen LogP contribution in [0.5, 0.6) is 0 Å². The molecule has 0 unspecified atom stereocenters. The van der Waals surface area contributed by atoms with E-state index < -0.39 is 0 Å². The predicted octanol–water partition coefficient (Wildman–Crippen LogP) is 2.78. The summed E-state index contributed by atoms with van der Waals surface area (Å²) in [5.41, 5.74) is 4.76. The van der Waals surface area contributed by atoms with Crippen molar-refractivity contribution in [2.24, 2.45) is 28.2 Å². The molecule has 6 rings (SSSR count). The SMILES string of the molecule is Cn1cc2ccc3cn(C)[cH-]n-3n-2[cH-]1.Cn1cc2ccc3cn(C)[cH-]n-3n-2[cH-]1.[C-]#N.[C-]#N.[C-]#N.[CH-]=O.[Ir].[Pt+4]. The summed E-state index contributed by atoms with van der Waals surface area (Å²) in [5, 5.41) is 18.8. The molecule has 0 aliphatic carbocycles. The van der Waals surface area contributed by atoms with Crippen LogP contribution in [0.2, 0.25) is 0 Å². The summed E-state index contributed by atoms with van der Waals surface area (Å²) >= 11 is 0. The Balaban J connectivity index is 0. The molecule has 0 saturated heterocycles. The number of carbonyl (C=O) groups excluding carboxylic acids is 1. The van der Waals surface area contributed by atoms with E-state index in [1.807, 2.05) is 28.2 Å². The average molecular weight is 871 g/mol. The summed E-state index contributed by atoms with van der Waals surface area (Å²) in [5.74, 6) is 0. The third-order valence-corrected chi connectivity index (χ3v) is 4.88. The molecule has 0 bridgehead atoms. The van der Waals surface area contributed by atoms with E-state index in [-0.39, 0.29) is 41.2 Å². The first-order chi connectivity index (χ1) is 17.5. The van der Waals surface area contributed by atoms with Gasteiger partial charge in [-0.25, -0.2) is 0 Å². The maximum atomic E-state index is 7.75. The number of fused-ring (bicyclic) bond motifs is 6. The number of aryl methyl sites for hydroxylation is 4. The first-order valence-electron chi connectivity index (χ1n) is 10.1. The standard InChI is InChI=1S/2C10H12N4.3CN.CHO.Ir.Pt/c2*1-11-5-9-3-4-10-6-12(2)8-14(10)13(9)7-11;4*1-2;;/h2*3-8H,1-2H3;;;;1H;;/q2*-2;4*-1;;+4. The van der Waals surface area contributed by atoms with Crippen LogP contribution < -0.4 is 0 Å². The summed E-state index contributed by atoms with van der Waals surface area (Å²) < 4.78 is 16.7. The molecule has 1 radical (unpaired) electrons. The first kappa shape index (κ1) is 36.0. The van der Waals surface area contributed by atoms with Gasteiger partial charge in [0.1, 0.15) is 0 Å². The second-order valence-corrected chi connectivity index (χ2v) is 7.38. The summed E-state index contributed by atoms with van der Waals surface area (Å²) in [6.45, 7) is 17.5. The summed E-state index contributed by atoms with van der Waals surface area (Å²) in [7, 11) is 8.12. The minimum Gasteiger partial charge on any atom is -0.545 e. The number of hydrogen-bond acceptors (Lipinski definition) is 4. The second kappa shape index (κ2) is 17.3. The molecule has 38 heavy (non-hydrogen) atoms. The van der Waals surface area contributed by atoms with E-state index in [2.05, 4.69) is 118 Å². The van der Waals surface area contributed by atoms with Gasteiger partial charge in [-0.2, -0.15) is 0 Å². The summed E-state index contributed by atoms with van der Waals surface area (Å²) in [6.07, 6.45) is 16.6. The van der Waals surface area contributed by atoms with E-state index in [9.17, 15) is 0 Å². The minimum atomic E-state index is 0. The third-order valence-electron chi connectivity index (χ3n) is 4.88. The molecule has 6 aliphatic heterocycles. The summed E-state index contributed by atoms with van der Waals surface area (Å²) in [6, 6.07) is 8.48. The van der Waals surface area contributed by atoms with E-state index in [1.165, 1.54) is 22.7 Å². The van der Waals surface area contributed by atoms with Crippen LogP contribution in [0.4, 0.5) is 0 Å². The molecule has 0 amide bonds. The van der Waals surface area contributed by atoms with Crippen LogP contribution in [0.25, 0.3) is 22.7 Å². The summed E-state index contributed by atoms with van der Waals surface area (Å²) in [4.78, 5) is 7.75. The zero-order valence-electron chi connectivity index (χ0n) is 21.0. The van der Waals surface area contributed by atoms with E-state index in [4.69, 9.17) is 40.3 Å². The van der Waals surface area contributed by atoms with Gasteiger partial charge in [-0.1, -0.05) is 22.7 Å². The van der Waals surface area contributed by atoms with Crippen LogP contribution >= 0.6 is 0 Å². The van der Waals surface area contributed by atoms with Crippen molar-refractivity contribution in [1.29, 1.82) is 15.8 Å². The van der Waals surface area contributed by atoms with Gasteiger partial charge in [0.25, 0.3) is 0 Å². The second-order valence-electron chi connectivity index (χ2n) is 7.38. The maximum Gasteiger partial charge on any atom is 4.00 e. The van der Waals surface area contributed by atoms with Crippen LogP contribution in [0.15, 0.2) is 74.4 Å². The Morgan fingerprint density at radius 2 is 0.684 bits per heavy atom. The Bertz CT molecular complexity index is 1230. The zero-order chi connectivity index (χ0) is 27.4. The number of nitrogens with zero attached hydrogens (tertiary/aromatic N) is 11. The van der Waals surface area contributed by atoms with Crippen LogP contribution in [0.1, 0.15) is 0 Å². The smallest absolute Gasteiger partial charge is 0.545 e. The van der Waals surface area contributed by atoms with Crippen molar-refractivity contribution in [3.05, 3.63) is 94.1 Å². The molecule has 14 heteroatoms. The fourth-order valence-corrected chi connectivity index (χ4v) is 3.70. The van der Waals surface area contributed by atoms with Crippen LogP contribution in [-0.2, 0) is 74.2 Å². The molecular formula is C24H25IrN11OPt-4. The Kier molecular flexibility index (Phi) is 16.4. The number of imidazole rings is 4. The third kappa shape index (κ3) is 7.90. The van der Waals surface area contributed by atoms with Crippen molar-refractivity contribution in [2.75, 3.05) is 0 Å². The molecule has 205 valence electrons. The fraction of sp³-hybridized carbons (Fsp3) is 0.167. The van der Waals surface area contributed by atoms with Gasteiger partial charge in [0.05, 0.1) is 0 Å². The molecule has 0 aromatic rings. The van der Waals surface area contributed by atoms with Gasteiger partial charge < -0.3 is 77.3 Å². The normalized spacial score (nSPS) is 8.79. The Hall–Kier alpha value is -4.20. The molecule has 0 atom stereocenters. The van der Waals surface area contributed by atoms with Gasteiger partial charge in [0.15, 0.2) is 0 Å². The van der Waals surface area contributed by atoms with Gasteiger partial charge in [-0.15, -0.1) is 49.1 Å². The van der Waals surface area contributed by atoms with Crippen LogP contribution in [0, 0.1) is 35.5 Å². The zero-order valence-corrected chi connectivity index (χ0v) is 25.7. The molecule has 0 fully saturated rings. The van der Waals surface area contributed by atoms with E-state index in [1.54, 1.807) is 0 Å². The maximum absolute atomic E-state index is 7.75. The van der Waals surface area contributed by atoms with Crippen molar-refractivity contribution in [1.82, 2.24) is 37.0 Å². The van der Waals surface area contributed by atoms with E-state index in [0.717, 1.165) is 0 Å². The average Bonchev–Trinajstić information content (AvgIpc) is 3.67. The number of aromatic nitrogens is 8. The Morgan fingerprint density at radius 1 is 0.526 bits per heavy atom. The molecule has 0 N–H and O–H groups in total. The van der Waals surface area contributed by atoms with Crippen molar-refractivity contribution >= 4 is 6.79 Å². The monoisotopic (exact) mass is 871 g/mol. The fourth-order valence-electron chi connectivity index (χ4n) is 3.70. The van der Waals surface area contributed by atoms with Crippen molar-refractivity contribution in [3.63, 3.8) is 0 Å². The Labute approximate surface area is 249 Å².